The van der Waals surface area contributed by atoms with Gasteiger partial charge in [0.05, 0.1) is 0 Å². The summed E-state index contributed by atoms with van der Waals surface area (Å²) in [6.45, 7) is 5.46. The Balaban J connectivity index is 3.17. The maximum atomic E-state index is 9.97. The fourth-order valence-corrected chi connectivity index (χ4v) is 0.847. The maximum absolute atomic E-state index is 9.97. The van der Waals surface area contributed by atoms with E-state index in [1.807, 2.05) is 0 Å². The van der Waals surface area contributed by atoms with Gasteiger partial charge in [0.1, 0.15) is 6.29 Å². The van der Waals surface area contributed by atoms with Gasteiger partial charge in [-0.25, -0.2) is 0 Å². The molecule has 0 heterocycles. The summed E-state index contributed by atoms with van der Waals surface area (Å²) in [4.78, 5) is 12.3. The molecular weight excluding hydrogens is 138 g/mol. The van der Waals surface area contributed by atoms with Crippen LogP contribution in [0.1, 0.15) is 33.1 Å². The number of hydrogen-bond acceptors (Lipinski definition) is 2. The molecule has 0 saturated heterocycles. The Labute approximate surface area is 69.6 Å². The molecule has 0 aliphatic rings. The van der Waals surface area contributed by atoms with E-state index in [0.717, 1.165) is 25.7 Å². The number of unbranched alkanes of at least 4 members (excludes halogenated alkanes) is 2. The molecule has 0 aliphatic carbocycles. The molecule has 0 radical (unpaired) electrons. The van der Waals surface area contributed by atoms with Crippen LogP contribution in [0.5, 0.6) is 0 Å². The largest absolute Gasteiger partial charge is 0.304 e. The SMILES string of the molecule is CC(C)N(C)CCCCC=O. The molecule has 0 rings (SSSR count). The van der Waals surface area contributed by atoms with Crippen LogP contribution in [-0.2, 0) is 4.79 Å². The average Bonchev–Trinajstić information content (AvgIpc) is 1.97. The quantitative estimate of drug-likeness (QED) is 0.432. The summed E-state index contributed by atoms with van der Waals surface area (Å²) >= 11 is 0. The summed E-state index contributed by atoms with van der Waals surface area (Å²) < 4.78 is 0. The zero-order chi connectivity index (χ0) is 8.69. The second-order valence-electron chi connectivity index (χ2n) is 3.24. The number of rotatable bonds is 6. The van der Waals surface area contributed by atoms with Crippen LogP contribution < -0.4 is 0 Å². The smallest absolute Gasteiger partial charge is 0.119 e. The molecule has 0 atom stereocenters. The van der Waals surface area contributed by atoms with Crippen LogP contribution in [0.4, 0.5) is 0 Å². The molecule has 66 valence electrons. The summed E-state index contributed by atoms with van der Waals surface area (Å²) in [7, 11) is 2.12. The van der Waals surface area contributed by atoms with Crippen molar-refractivity contribution in [3.8, 4) is 0 Å². The lowest BCUT2D eigenvalue weighted by Gasteiger charge is -2.20. The molecule has 11 heavy (non-hydrogen) atoms. The Hall–Kier alpha value is -0.370. The van der Waals surface area contributed by atoms with Crippen molar-refractivity contribution < 1.29 is 4.79 Å². The second kappa shape index (κ2) is 6.35. The molecule has 0 aromatic carbocycles. The minimum Gasteiger partial charge on any atom is -0.304 e. The number of carbonyl (C=O) groups is 1. The first-order valence-corrected chi connectivity index (χ1v) is 4.32. The van der Waals surface area contributed by atoms with Crippen molar-refractivity contribution in [3.05, 3.63) is 0 Å². The van der Waals surface area contributed by atoms with Gasteiger partial charge >= 0.3 is 0 Å². The van der Waals surface area contributed by atoms with Crippen molar-refractivity contribution in [2.75, 3.05) is 13.6 Å². The Kier molecular flexibility index (Phi) is 6.13. The molecule has 2 heteroatoms. The van der Waals surface area contributed by atoms with E-state index in [9.17, 15) is 4.79 Å². The van der Waals surface area contributed by atoms with E-state index in [0.29, 0.717) is 12.5 Å². The minimum absolute atomic E-state index is 0.617. The van der Waals surface area contributed by atoms with Gasteiger partial charge in [0, 0.05) is 12.5 Å². The molecule has 0 aromatic heterocycles. The third-order valence-corrected chi connectivity index (χ3v) is 1.96. The highest BCUT2D eigenvalue weighted by atomic mass is 16.1. The van der Waals surface area contributed by atoms with Gasteiger partial charge in [0.15, 0.2) is 0 Å². The molecule has 0 N–H and O–H groups in total. The number of nitrogens with zero attached hydrogens (tertiary/aromatic N) is 1. The highest BCUT2D eigenvalue weighted by molar-refractivity contribution is 5.48. The number of hydrogen-bond donors (Lipinski definition) is 0. The molecule has 0 fully saturated rings. The summed E-state index contributed by atoms with van der Waals surface area (Å²) in [5.41, 5.74) is 0. The van der Waals surface area contributed by atoms with E-state index < -0.39 is 0 Å². The van der Waals surface area contributed by atoms with Gasteiger partial charge in [-0.15, -0.1) is 0 Å². The Morgan fingerprint density at radius 1 is 1.36 bits per heavy atom. The Morgan fingerprint density at radius 2 is 2.00 bits per heavy atom. The van der Waals surface area contributed by atoms with Crippen LogP contribution in [0.2, 0.25) is 0 Å². The van der Waals surface area contributed by atoms with Gasteiger partial charge in [-0.1, -0.05) is 0 Å². The van der Waals surface area contributed by atoms with Crippen LogP contribution in [0, 0.1) is 0 Å². The van der Waals surface area contributed by atoms with Crippen LogP contribution in [0.25, 0.3) is 0 Å². The predicted octanol–water partition coefficient (Wildman–Crippen LogP) is 1.70. The van der Waals surface area contributed by atoms with Crippen molar-refractivity contribution in [1.82, 2.24) is 4.90 Å². The van der Waals surface area contributed by atoms with Crippen LogP contribution in [0.15, 0.2) is 0 Å². The van der Waals surface area contributed by atoms with Gasteiger partial charge in [-0.3, -0.25) is 0 Å². The first kappa shape index (κ1) is 10.6. The third kappa shape index (κ3) is 6.05. The average molecular weight is 157 g/mol. The zero-order valence-corrected chi connectivity index (χ0v) is 7.84. The van der Waals surface area contributed by atoms with E-state index in [-0.39, 0.29) is 0 Å². The fourth-order valence-electron chi connectivity index (χ4n) is 0.847. The van der Waals surface area contributed by atoms with E-state index in [1.54, 1.807) is 0 Å². The maximum Gasteiger partial charge on any atom is 0.119 e. The van der Waals surface area contributed by atoms with Crippen LogP contribution in [-0.4, -0.2) is 30.8 Å². The van der Waals surface area contributed by atoms with E-state index in [2.05, 4.69) is 25.8 Å². The van der Waals surface area contributed by atoms with Crippen molar-refractivity contribution >= 4 is 6.29 Å². The Bertz CT molecular complexity index is 102. The summed E-state index contributed by atoms with van der Waals surface area (Å²) in [6.07, 6.45) is 3.87. The van der Waals surface area contributed by atoms with Crippen molar-refractivity contribution in [2.24, 2.45) is 0 Å². The van der Waals surface area contributed by atoms with Crippen molar-refractivity contribution in [2.45, 2.75) is 39.2 Å². The van der Waals surface area contributed by atoms with Gasteiger partial charge in [0.2, 0.25) is 0 Å². The van der Waals surface area contributed by atoms with E-state index in [1.165, 1.54) is 0 Å². The molecule has 2 nitrogen and oxygen atoms in total. The molecule has 0 amide bonds. The minimum atomic E-state index is 0.617. The Morgan fingerprint density at radius 3 is 2.45 bits per heavy atom. The summed E-state index contributed by atoms with van der Waals surface area (Å²) in [5.74, 6) is 0. The van der Waals surface area contributed by atoms with Gasteiger partial charge in [0.25, 0.3) is 0 Å². The fraction of sp³-hybridized carbons (Fsp3) is 0.889. The first-order valence-electron chi connectivity index (χ1n) is 4.32. The number of aldehydes is 1. The number of carbonyl (C=O) groups excluding carboxylic acids is 1. The highest BCUT2D eigenvalue weighted by Crippen LogP contribution is 1.98. The van der Waals surface area contributed by atoms with Crippen LogP contribution >= 0.6 is 0 Å². The van der Waals surface area contributed by atoms with E-state index >= 15 is 0 Å². The summed E-state index contributed by atoms with van der Waals surface area (Å²) in [6, 6.07) is 0.617. The highest BCUT2D eigenvalue weighted by Gasteiger charge is 2.00. The second-order valence-corrected chi connectivity index (χ2v) is 3.24. The molecule has 0 bridgehead atoms. The monoisotopic (exact) mass is 157 g/mol. The summed E-state index contributed by atoms with van der Waals surface area (Å²) in [5, 5.41) is 0. The molecule has 0 saturated carbocycles. The normalized spacial score (nSPS) is 11.0. The van der Waals surface area contributed by atoms with Crippen molar-refractivity contribution in [1.29, 1.82) is 0 Å². The van der Waals surface area contributed by atoms with Crippen LogP contribution in [0.3, 0.4) is 0 Å². The predicted molar refractivity (Wildman–Crippen MR) is 47.7 cm³/mol. The third-order valence-electron chi connectivity index (χ3n) is 1.96. The standard InChI is InChI=1S/C9H19NO/c1-9(2)10(3)7-5-4-6-8-11/h8-9H,4-7H2,1-3H3. The zero-order valence-electron chi connectivity index (χ0n) is 7.84. The topological polar surface area (TPSA) is 20.3 Å². The lowest BCUT2D eigenvalue weighted by molar-refractivity contribution is -0.107. The molecule has 0 aliphatic heterocycles. The van der Waals surface area contributed by atoms with E-state index in [4.69, 9.17) is 0 Å². The molecule has 0 unspecified atom stereocenters. The molecule has 0 spiro atoms. The van der Waals surface area contributed by atoms with Gasteiger partial charge in [-0.2, -0.15) is 0 Å². The molecule has 0 aromatic rings. The van der Waals surface area contributed by atoms with Gasteiger partial charge in [-0.05, 0) is 40.3 Å². The lowest BCUT2D eigenvalue weighted by atomic mass is 10.2. The first-order chi connectivity index (χ1) is 5.18. The van der Waals surface area contributed by atoms with Crippen molar-refractivity contribution in [3.63, 3.8) is 0 Å². The van der Waals surface area contributed by atoms with Gasteiger partial charge < -0.3 is 9.69 Å². The lowest BCUT2D eigenvalue weighted by Crippen LogP contribution is -2.27. The molecular formula is C9H19NO.